The highest BCUT2D eigenvalue weighted by Gasteiger charge is 2.31. The largest absolute Gasteiger partial charge is 0.492 e. The number of hydrogen-bond donors (Lipinski definition) is 0. The Bertz CT molecular complexity index is 196. The lowest BCUT2D eigenvalue weighted by molar-refractivity contribution is -0.0161. The second-order valence-corrected chi connectivity index (χ2v) is 4.41. The Balaban J connectivity index is 2.52. The smallest absolute Gasteiger partial charge is 0.448 e. The maximum absolute atomic E-state index is 12.2. The Morgan fingerprint density at radius 2 is 2.00 bits per heavy atom. The molecule has 0 unspecified atom stereocenters. The number of rotatable bonds is 2. The summed E-state index contributed by atoms with van der Waals surface area (Å²) < 4.78 is 42.0. The van der Waals surface area contributed by atoms with Gasteiger partial charge in [0.25, 0.3) is 0 Å². The van der Waals surface area contributed by atoms with E-state index in [-0.39, 0.29) is 0 Å². The molecule has 1 aliphatic rings. The minimum Gasteiger partial charge on any atom is -0.448 e. The van der Waals surface area contributed by atoms with E-state index < -0.39 is 19.0 Å². The average molecular weight is 210 g/mol. The molecule has 0 aliphatic carbocycles. The first-order valence-corrected chi connectivity index (χ1v) is 4.86. The number of ether oxygens (including phenoxy) is 1. The van der Waals surface area contributed by atoms with E-state index in [1.54, 1.807) is 0 Å². The zero-order valence-electron chi connectivity index (χ0n) is 8.60. The first kappa shape index (κ1) is 11.8. The Morgan fingerprint density at radius 1 is 1.36 bits per heavy atom. The third-order valence-electron chi connectivity index (χ3n) is 2.18. The van der Waals surface area contributed by atoms with Gasteiger partial charge < -0.3 is 22.6 Å². The minimum atomic E-state index is -4.72. The van der Waals surface area contributed by atoms with E-state index in [0.717, 1.165) is 0 Å². The van der Waals surface area contributed by atoms with Crippen LogP contribution in [0.15, 0.2) is 0 Å². The van der Waals surface area contributed by atoms with Gasteiger partial charge in [0, 0.05) is 13.2 Å². The second-order valence-electron chi connectivity index (χ2n) is 4.41. The summed E-state index contributed by atoms with van der Waals surface area (Å²) in [6, 6.07) is 0. The van der Waals surface area contributed by atoms with Crippen LogP contribution in [-0.4, -0.2) is 43.6 Å². The SMILES string of the molecule is CC1(C)CN(C[B-](F)(F)F)CCCO1. The highest BCUT2D eigenvalue weighted by Crippen LogP contribution is 2.19. The lowest BCUT2D eigenvalue weighted by Gasteiger charge is -2.32. The summed E-state index contributed by atoms with van der Waals surface area (Å²) >= 11 is 0. The van der Waals surface area contributed by atoms with Gasteiger partial charge in [0.05, 0.1) is 5.60 Å². The van der Waals surface area contributed by atoms with Gasteiger partial charge in [0.1, 0.15) is 0 Å². The molecule has 0 N–H and O–H groups in total. The van der Waals surface area contributed by atoms with Crippen LogP contribution in [0.4, 0.5) is 12.9 Å². The maximum Gasteiger partial charge on any atom is 0.492 e. The zero-order chi connectivity index (χ0) is 10.8. The van der Waals surface area contributed by atoms with Gasteiger partial charge in [-0.25, -0.2) is 0 Å². The molecule has 6 heteroatoms. The number of halogens is 3. The fourth-order valence-electron chi connectivity index (χ4n) is 1.75. The van der Waals surface area contributed by atoms with E-state index in [1.807, 2.05) is 13.8 Å². The van der Waals surface area contributed by atoms with E-state index in [9.17, 15) is 12.9 Å². The minimum absolute atomic E-state index is 0.355. The fourth-order valence-corrected chi connectivity index (χ4v) is 1.75. The summed E-state index contributed by atoms with van der Waals surface area (Å²) in [5, 5.41) is 0. The summed E-state index contributed by atoms with van der Waals surface area (Å²) in [4.78, 5) is 1.44. The van der Waals surface area contributed by atoms with Crippen LogP contribution in [-0.2, 0) is 4.74 Å². The average Bonchev–Trinajstić information content (AvgIpc) is 2.06. The Labute approximate surface area is 82.5 Å². The van der Waals surface area contributed by atoms with Crippen molar-refractivity contribution in [2.45, 2.75) is 25.9 Å². The predicted octanol–water partition coefficient (Wildman–Crippen LogP) is 1.87. The molecule has 1 saturated heterocycles. The summed E-state index contributed by atoms with van der Waals surface area (Å²) in [6.07, 6.45) is -0.0949. The third kappa shape index (κ3) is 4.33. The quantitative estimate of drug-likeness (QED) is 0.645. The Morgan fingerprint density at radius 3 is 2.57 bits per heavy atom. The lowest BCUT2D eigenvalue weighted by Crippen LogP contribution is -2.44. The zero-order valence-corrected chi connectivity index (χ0v) is 8.60. The van der Waals surface area contributed by atoms with Crippen molar-refractivity contribution in [3.05, 3.63) is 0 Å². The van der Waals surface area contributed by atoms with Crippen LogP contribution in [0.5, 0.6) is 0 Å². The summed E-state index contributed by atoms with van der Waals surface area (Å²) in [6.45, 7) is 0.321. The monoisotopic (exact) mass is 210 g/mol. The van der Waals surface area contributed by atoms with E-state index in [0.29, 0.717) is 26.1 Å². The van der Waals surface area contributed by atoms with Crippen molar-refractivity contribution >= 4 is 6.98 Å². The van der Waals surface area contributed by atoms with Crippen LogP contribution in [0.3, 0.4) is 0 Å². The molecule has 0 amide bonds. The lowest BCUT2D eigenvalue weighted by atomic mass is 9.90. The molecule has 1 heterocycles. The summed E-state index contributed by atoms with van der Waals surface area (Å²) in [5.41, 5.74) is -0.460. The molecule has 0 spiro atoms. The van der Waals surface area contributed by atoms with Gasteiger partial charge in [-0.1, -0.05) is 0 Å². The van der Waals surface area contributed by atoms with Crippen molar-refractivity contribution in [2.24, 2.45) is 0 Å². The summed E-state index contributed by atoms with van der Waals surface area (Å²) in [7, 11) is 0. The standard InChI is InChI=1S/C8H16BF3NO/c1-8(2)6-13(4-3-5-14-8)7-9(10,11)12/h3-7H2,1-2H3/q-1. The molecule has 84 valence electrons. The molecular formula is C8H16BF3NO-. The first-order chi connectivity index (χ1) is 6.29. The van der Waals surface area contributed by atoms with E-state index in [2.05, 4.69) is 0 Å². The van der Waals surface area contributed by atoms with Crippen LogP contribution in [0, 0.1) is 0 Å². The Hall–Kier alpha value is -0.225. The first-order valence-electron chi connectivity index (χ1n) is 4.86. The topological polar surface area (TPSA) is 12.5 Å². The molecule has 0 atom stereocenters. The van der Waals surface area contributed by atoms with Crippen molar-refractivity contribution in [1.29, 1.82) is 0 Å². The van der Waals surface area contributed by atoms with Gasteiger partial charge in [-0.3, -0.25) is 0 Å². The molecule has 0 saturated carbocycles. The second kappa shape index (κ2) is 4.10. The molecule has 1 fully saturated rings. The van der Waals surface area contributed by atoms with Gasteiger partial charge >= 0.3 is 6.98 Å². The Kier molecular flexibility index (Phi) is 3.47. The van der Waals surface area contributed by atoms with Crippen LogP contribution in [0.25, 0.3) is 0 Å². The van der Waals surface area contributed by atoms with Crippen LogP contribution in [0.2, 0.25) is 0 Å². The van der Waals surface area contributed by atoms with Gasteiger partial charge in [-0.2, -0.15) is 0 Å². The molecule has 1 aliphatic heterocycles. The van der Waals surface area contributed by atoms with Gasteiger partial charge in [-0.05, 0) is 33.3 Å². The van der Waals surface area contributed by atoms with E-state index in [4.69, 9.17) is 4.74 Å². The van der Waals surface area contributed by atoms with Crippen LogP contribution >= 0.6 is 0 Å². The van der Waals surface area contributed by atoms with Crippen LogP contribution in [0.1, 0.15) is 20.3 Å². The molecule has 14 heavy (non-hydrogen) atoms. The van der Waals surface area contributed by atoms with Crippen molar-refractivity contribution in [3.63, 3.8) is 0 Å². The molecular weight excluding hydrogens is 194 g/mol. The fraction of sp³-hybridized carbons (Fsp3) is 1.00. The molecule has 0 radical (unpaired) electrons. The molecule has 0 aromatic rings. The normalized spacial score (nSPS) is 24.6. The number of nitrogens with zero attached hydrogens (tertiary/aromatic N) is 1. The predicted molar refractivity (Wildman–Crippen MR) is 50.2 cm³/mol. The maximum atomic E-state index is 12.2. The number of hydrogen-bond acceptors (Lipinski definition) is 2. The molecule has 0 bridgehead atoms. The van der Waals surface area contributed by atoms with Crippen LogP contribution < -0.4 is 0 Å². The van der Waals surface area contributed by atoms with Crippen molar-refractivity contribution in [3.8, 4) is 0 Å². The van der Waals surface area contributed by atoms with E-state index >= 15 is 0 Å². The third-order valence-corrected chi connectivity index (χ3v) is 2.18. The highest BCUT2D eigenvalue weighted by molar-refractivity contribution is 6.58. The molecule has 0 aromatic heterocycles. The summed E-state index contributed by atoms with van der Waals surface area (Å²) in [5.74, 6) is 0. The highest BCUT2D eigenvalue weighted by atomic mass is 19.4. The van der Waals surface area contributed by atoms with Gasteiger partial charge in [-0.15, -0.1) is 0 Å². The van der Waals surface area contributed by atoms with Gasteiger partial charge in [0.15, 0.2) is 0 Å². The van der Waals surface area contributed by atoms with E-state index in [1.165, 1.54) is 4.90 Å². The molecule has 2 nitrogen and oxygen atoms in total. The molecule has 0 aromatic carbocycles. The van der Waals surface area contributed by atoms with Crippen molar-refractivity contribution in [2.75, 3.05) is 26.1 Å². The van der Waals surface area contributed by atoms with Crippen molar-refractivity contribution in [1.82, 2.24) is 4.90 Å². The van der Waals surface area contributed by atoms with Gasteiger partial charge in [0.2, 0.25) is 0 Å². The van der Waals surface area contributed by atoms with Crippen molar-refractivity contribution < 1.29 is 17.7 Å². The molecule has 1 rings (SSSR count).